The van der Waals surface area contributed by atoms with Crippen molar-refractivity contribution in [2.24, 2.45) is 0 Å². The number of rotatable bonds is 28. The number of aryl methyl sites for hydroxylation is 5. The van der Waals surface area contributed by atoms with Gasteiger partial charge < -0.3 is 74.9 Å². The Kier molecular flexibility index (Phi) is 35.4. The molecule has 5 N–H and O–H groups in total. The Labute approximate surface area is 833 Å². The van der Waals surface area contributed by atoms with Crippen molar-refractivity contribution in [1.82, 2.24) is 22.8 Å². The quantitative estimate of drug-likeness (QED) is 0.0225. The summed E-state index contributed by atoms with van der Waals surface area (Å²) in [7, 11) is 3.07. The molecule has 34 heteroatoms. The summed E-state index contributed by atoms with van der Waals surface area (Å²) >= 11 is 5.72. The fourth-order valence-electron chi connectivity index (χ4n) is 17.5. The highest BCUT2D eigenvalue weighted by Crippen LogP contribution is 2.43. The number of halogens is 1. The molecule has 7 heterocycles. The SMILES string of the molecule is CCOC(=O)Nc1cccc(-c2c(C#N)c3cc(OC)ccc3n2CC)c1.CCOC(=O)Nc1cccc(-c2c(C#N)c3ccc(OCCCl)cc3n2CC)c1.CCn1c(-c2cccc(NC(=O)OC3CCOC3)c2)c(C#N)c2ccc(OC)cc21.CCn1c(-c2cccc(NC(=O)O[C@@H]3CCOC3)c2)c(C#N)c2ccc(OC)cc21.CCn1c(-c2cccc(NS(=O)(=O)CC)c2)c(C#N)c2cc(OC)ccc21. The molecule has 15 aromatic rings. The van der Waals surface area contributed by atoms with Crippen LogP contribution in [0, 0.1) is 56.7 Å². The zero-order valence-corrected chi connectivity index (χ0v) is 82.9. The molecule has 10 aromatic carbocycles. The average Bonchev–Trinajstić information content (AvgIpc) is 1.63. The van der Waals surface area contributed by atoms with Crippen LogP contribution in [-0.4, -0.2) is 154 Å². The number of hydrogen-bond acceptors (Lipinski definition) is 22. The molecule has 736 valence electrons. The number of carbonyl (C=O) groups excluding carboxylic acids is 4. The Morgan fingerprint density at radius 3 is 0.944 bits per heavy atom. The molecule has 143 heavy (non-hydrogen) atoms. The van der Waals surface area contributed by atoms with Gasteiger partial charge in [0.25, 0.3) is 0 Å². The van der Waals surface area contributed by atoms with Crippen molar-refractivity contribution in [2.75, 3.05) is 112 Å². The Morgan fingerprint density at radius 1 is 0.364 bits per heavy atom. The highest BCUT2D eigenvalue weighted by molar-refractivity contribution is 7.92. The summed E-state index contributed by atoms with van der Waals surface area (Å²) in [5.41, 5.74) is 18.6. The number of nitrogens with zero attached hydrogens (tertiary/aromatic N) is 10. The molecule has 17 rings (SSSR count). The van der Waals surface area contributed by atoms with Gasteiger partial charge in [-0.2, -0.15) is 26.3 Å². The van der Waals surface area contributed by atoms with E-state index in [2.05, 4.69) is 79.2 Å². The van der Waals surface area contributed by atoms with Crippen LogP contribution in [0.2, 0.25) is 0 Å². The van der Waals surface area contributed by atoms with Gasteiger partial charge in [0.2, 0.25) is 10.0 Å². The fraction of sp³-hybridized carbons (Fsp3) is 0.275. The molecule has 4 amide bonds. The minimum absolute atomic E-state index is 0.00428. The molecule has 2 saturated heterocycles. The van der Waals surface area contributed by atoms with Gasteiger partial charge in [0.1, 0.15) is 77.9 Å². The summed E-state index contributed by atoms with van der Waals surface area (Å²) in [6.07, 6.45) is -1.05. The van der Waals surface area contributed by atoms with Crippen molar-refractivity contribution in [3.63, 3.8) is 0 Å². The number of amides is 4. The second-order valence-corrected chi connectivity index (χ2v) is 34.7. The van der Waals surface area contributed by atoms with E-state index in [0.29, 0.717) is 171 Å². The molecule has 2 fully saturated rings. The minimum atomic E-state index is -3.37. The number of ether oxygens (including phenoxy) is 11. The number of aromatic nitrogens is 5. The number of nitriles is 5. The zero-order valence-electron chi connectivity index (χ0n) is 81.4. The van der Waals surface area contributed by atoms with Crippen molar-refractivity contribution in [3.05, 3.63) is 240 Å². The molecule has 0 saturated carbocycles. The van der Waals surface area contributed by atoms with Crippen LogP contribution in [0.15, 0.2) is 212 Å². The van der Waals surface area contributed by atoms with E-state index in [1.807, 2.05) is 204 Å². The topological polar surface area (TPSA) is 408 Å². The maximum Gasteiger partial charge on any atom is 0.411 e. The highest BCUT2D eigenvalue weighted by Gasteiger charge is 2.29. The van der Waals surface area contributed by atoms with E-state index in [0.717, 1.165) is 122 Å². The summed E-state index contributed by atoms with van der Waals surface area (Å²) in [4.78, 5) is 47.9. The molecule has 0 aliphatic carbocycles. The fourth-order valence-corrected chi connectivity index (χ4v) is 18.2. The van der Waals surface area contributed by atoms with Gasteiger partial charge in [-0.05, 0) is 189 Å². The summed E-state index contributed by atoms with van der Waals surface area (Å²) in [6, 6.07) is 76.9. The molecular weight excluding hydrogens is 1860 g/mol. The van der Waals surface area contributed by atoms with Crippen LogP contribution in [-0.2, 0) is 71.2 Å². The van der Waals surface area contributed by atoms with Crippen molar-refractivity contribution in [1.29, 1.82) is 26.3 Å². The maximum atomic E-state index is 12.2. The van der Waals surface area contributed by atoms with Crippen molar-refractivity contribution < 1.29 is 79.7 Å². The van der Waals surface area contributed by atoms with Crippen LogP contribution in [0.25, 0.3) is 111 Å². The lowest BCUT2D eigenvalue weighted by Gasteiger charge is -2.13. The smallest absolute Gasteiger partial charge is 0.411 e. The summed E-state index contributed by atoms with van der Waals surface area (Å²) in [5.74, 6) is 3.97. The largest absolute Gasteiger partial charge is 0.497 e. The van der Waals surface area contributed by atoms with Crippen molar-refractivity contribution >= 4 is 129 Å². The zero-order chi connectivity index (χ0) is 102. The molecule has 5 aromatic heterocycles. The van der Waals surface area contributed by atoms with Crippen molar-refractivity contribution in [3.8, 4) is 115 Å². The lowest BCUT2D eigenvalue weighted by molar-refractivity contribution is 0.0928. The van der Waals surface area contributed by atoms with E-state index in [9.17, 15) is 53.9 Å². The van der Waals surface area contributed by atoms with Gasteiger partial charge in [-0.3, -0.25) is 26.0 Å². The van der Waals surface area contributed by atoms with E-state index in [1.54, 1.807) is 91.7 Å². The van der Waals surface area contributed by atoms with Gasteiger partial charge in [0, 0.05) is 147 Å². The second kappa shape index (κ2) is 48.8. The number of fused-ring (bicyclic) bond motifs is 5. The number of hydrogen-bond donors (Lipinski definition) is 5. The molecule has 2 aliphatic rings. The monoisotopic (exact) mass is 1970 g/mol. The lowest BCUT2D eigenvalue weighted by atomic mass is 10.1. The number of sulfonamides is 1. The van der Waals surface area contributed by atoms with Crippen LogP contribution in [0.4, 0.5) is 47.6 Å². The third-order valence-corrected chi connectivity index (χ3v) is 25.3. The summed E-state index contributed by atoms with van der Waals surface area (Å²) in [5, 5.41) is 64.6. The molecule has 0 bridgehead atoms. The maximum absolute atomic E-state index is 12.2. The molecular formula is C109H110ClN15O17S. The first-order valence-electron chi connectivity index (χ1n) is 46.6. The van der Waals surface area contributed by atoms with E-state index >= 15 is 0 Å². The standard InChI is InChI=1S/2C23H23N3O4.C22H22ClN3O3.C21H21N3O3.C20H21N3O3S/c2*1-3-26-21-12-17(28-2)7-8-19(21)20(13-24)22(26)15-5-4-6-16(11-15)25-23(27)30-18-9-10-29-14-18;1-3-26-20-13-17(29-11-10-23)8-9-18(20)19(14-24)21(26)15-6-5-7-16(12-15)25-22(27)28-4-2;1-4-24-19-10-9-16(26-3)12-17(19)18(13-22)20(24)14-7-6-8-15(11-14)23-21(25)27-5-2;1-4-23-19-10-9-16(26-3)12-17(19)18(13-21)20(23)14-7-6-8-15(11-14)22-27(24,25)5-2/h2*4-8,11-12,18H,3,9-10,14H2,1-2H3,(H,25,27);5-9,12-13H,3-4,10-11H2,1-2H3,(H,25,27);6-12H,4-5H2,1-3H3,(H,23,25);6-12,22H,4-5H2,1-3H3/t18-;;;;/m1..../s1. The average molecular weight is 1970 g/mol. The Hall–Kier alpha value is -16.6. The molecule has 2 aliphatic heterocycles. The molecule has 0 spiro atoms. The lowest BCUT2D eigenvalue weighted by Crippen LogP contribution is -2.22. The summed E-state index contributed by atoms with van der Waals surface area (Å²) < 4.78 is 94.8. The number of alkyl halides is 1. The Bertz CT molecular complexity index is 7360. The van der Waals surface area contributed by atoms with Gasteiger partial charge in [0.15, 0.2) is 0 Å². The van der Waals surface area contributed by atoms with Crippen molar-refractivity contribution in [2.45, 2.75) is 113 Å². The first-order chi connectivity index (χ1) is 69.5. The number of nitrogens with one attached hydrogen (secondary N) is 5. The van der Waals surface area contributed by atoms with Crippen LogP contribution < -0.4 is 49.7 Å². The van der Waals surface area contributed by atoms with E-state index in [4.69, 9.17) is 63.7 Å². The first kappa shape index (κ1) is 104. The number of methoxy groups -OCH3 is 4. The number of anilines is 5. The first-order valence-corrected chi connectivity index (χ1v) is 48.8. The van der Waals surface area contributed by atoms with Gasteiger partial charge in [-0.25, -0.2) is 27.6 Å². The third kappa shape index (κ3) is 23.9. The molecule has 0 radical (unpaired) electrons. The Balaban J connectivity index is 0.000000150. The van der Waals surface area contributed by atoms with Gasteiger partial charge in [-0.1, -0.05) is 60.7 Å². The normalized spacial score (nSPS) is 12.8. The van der Waals surface area contributed by atoms with E-state index in [1.165, 1.54) is 0 Å². The predicted molar refractivity (Wildman–Crippen MR) is 554 cm³/mol. The van der Waals surface area contributed by atoms with Crippen LogP contribution in [0.1, 0.15) is 96.0 Å². The highest BCUT2D eigenvalue weighted by atomic mass is 35.5. The van der Waals surface area contributed by atoms with Crippen LogP contribution in [0.3, 0.4) is 0 Å². The molecule has 2 atom stereocenters. The van der Waals surface area contributed by atoms with E-state index in [-0.39, 0.29) is 18.0 Å². The molecule has 32 nitrogen and oxygen atoms in total. The predicted octanol–water partition coefficient (Wildman–Crippen LogP) is 23.2. The van der Waals surface area contributed by atoms with Crippen LogP contribution in [0.5, 0.6) is 28.7 Å². The van der Waals surface area contributed by atoms with Gasteiger partial charge in [0.05, 0.1) is 164 Å². The second-order valence-electron chi connectivity index (χ2n) is 32.3. The minimum Gasteiger partial charge on any atom is -0.497 e. The molecule has 1 unspecified atom stereocenters. The Morgan fingerprint density at radius 2 is 0.650 bits per heavy atom. The number of carbonyl (C=O) groups is 4. The van der Waals surface area contributed by atoms with Gasteiger partial charge >= 0.3 is 24.4 Å². The summed E-state index contributed by atoms with van der Waals surface area (Å²) in [6.45, 7) is 21.7. The number of benzene rings is 10. The van der Waals surface area contributed by atoms with Crippen LogP contribution >= 0.6 is 11.6 Å². The third-order valence-electron chi connectivity index (χ3n) is 23.8. The van der Waals surface area contributed by atoms with Gasteiger partial charge in [-0.15, -0.1) is 11.6 Å². The van der Waals surface area contributed by atoms with E-state index < -0.39 is 34.4 Å².